The van der Waals surface area contributed by atoms with E-state index in [9.17, 15) is 8.42 Å². The van der Waals surface area contributed by atoms with Gasteiger partial charge in [0.2, 0.25) is 0 Å². The van der Waals surface area contributed by atoms with Gasteiger partial charge in [0, 0.05) is 12.7 Å². The molecule has 0 fully saturated rings. The lowest BCUT2D eigenvalue weighted by molar-refractivity contribution is 0.417. The van der Waals surface area contributed by atoms with Crippen LogP contribution < -0.4 is 20.1 Å². The molecule has 0 radical (unpaired) electrons. The van der Waals surface area contributed by atoms with E-state index in [1.807, 2.05) is 0 Å². The van der Waals surface area contributed by atoms with Gasteiger partial charge in [-0.1, -0.05) is 18.2 Å². The van der Waals surface area contributed by atoms with Gasteiger partial charge < -0.3 is 15.4 Å². The Hall–Kier alpha value is -2.32. The number of anilines is 2. The van der Waals surface area contributed by atoms with Crippen LogP contribution in [0.3, 0.4) is 0 Å². The number of hydrogen-bond donors (Lipinski definition) is 3. The van der Waals surface area contributed by atoms with E-state index in [2.05, 4.69) is 15.4 Å². The first-order chi connectivity index (χ1) is 11.4. The van der Waals surface area contributed by atoms with Crippen LogP contribution in [-0.2, 0) is 10.0 Å². The van der Waals surface area contributed by atoms with Crippen molar-refractivity contribution in [1.29, 1.82) is 0 Å². The number of benzene rings is 2. The summed E-state index contributed by atoms with van der Waals surface area (Å²) in [6.07, 6.45) is 0. The molecule has 0 aromatic heterocycles. The van der Waals surface area contributed by atoms with Gasteiger partial charge in [-0.15, -0.1) is 0 Å². The Balaban J connectivity index is 2.38. The zero-order chi connectivity index (χ0) is 17.7. The molecule has 128 valence electrons. The third-order valence-electron chi connectivity index (χ3n) is 3.31. The van der Waals surface area contributed by atoms with Crippen molar-refractivity contribution in [1.82, 2.24) is 5.32 Å². The van der Waals surface area contributed by atoms with Gasteiger partial charge in [-0.05, 0) is 49.0 Å². The van der Waals surface area contributed by atoms with Gasteiger partial charge >= 0.3 is 0 Å². The highest BCUT2D eigenvalue weighted by molar-refractivity contribution is 7.92. The highest BCUT2D eigenvalue weighted by Gasteiger charge is 2.19. The topological polar surface area (TPSA) is 79.5 Å². The monoisotopic (exact) mass is 365 g/mol. The molecule has 3 N–H and O–H groups in total. The molecule has 0 unspecified atom stereocenters. The molecule has 0 amide bonds. The van der Waals surface area contributed by atoms with Crippen LogP contribution >= 0.6 is 12.2 Å². The lowest BCUT2D eigenvalue weighted by atomic mass is 10.2. The quantitative estimate of drug-likeness (QED) is 0.707. The fraction of sp³-hybridized carbons (Fsp3) is 0.188. The lowest BCUT2D eigenvalue weighted by Crippen LogP contribution is -2.24. The van der Waals surface area contributed by atoms with Crippen LogP contribution in [0.4, 0.5) is 11.4 Å². The van der Waals surface area contributed by atoms with Crippen LogP contribution in [0.15, 0.2) is 47.4 Å². The predicted octanol–water partition coefficient (Wildman–Crippen LogP) is 2.72. The Morgan fingerprint density at radius 3 is 2.54 bits per heavy atom. The summed E-state index contributed by atoms with van der Waals surface area (Å²) in [7, 11) is -0.603. The zero-order valence-electron chi connectivity index (χ0n) is 13.6. The Bertz CT molecular complexity index is 851. The van der Waals surface area contributed by atoms with Crippen LogP contribution in [0.5, 0.6) is 5.75 Å². The summed E-state index contributed by atoms with van der Waals surface area (Å²) in [4.78, 5) is 0.164. The second kappa shape index (κ2) is 7.50. The van der Waals surface area contributed by atoms with E-state index in [0.29, 0.717) is 27.8 Å². The van der Waals surface area contributed by atoms with Gasteiger partial charge in [0.25, 0.3) is 10.0 Å². The van der Waals surface area contributed by atoms with Crippen molar-refractivity contribution in [3.63, 3.8) is 0 Å². The summed E-state index contributed by atoms with van der Waals surface area (Å²) < 4.78 is 33.3. The van der Waals surface area contributed by atoms with Crippen LogP contribution in [0, 0.1) is 6.92 Å². The fourth-order valence-electron chi connectivity index (χ4n) is 2.09. The number of aryl methyl sites for hydroxylation is 1. The third kappa shape index (κ3) is 4.15. The number of methoxy groups -OCH3 is 1. The van der Waals surface area contributed by atoms with Crippen molar-refractivity contribution >= 4 is 38.7 Å². The molecule has 0 aliphatic rings. The van der Waals surface area contributed by atoms with Crippen molar-refractivity contribution in [2.24, 2.45) is 0 Å². The first-order valence-corrected chi connectivity index (χ1v) is 9.01. The van der Waals surface area contributed by atoms with E-state index in [1.165, 1.54) is 13.2 Å². The molecule has 0 saturated carbocycles. The average molecular weight is 365 g/mol. The molecule has 2 rings (SSSR count). The molecule has 0 spiro atoms. The molecule has 0 saturated heterocycles. The zero-order valence-corrected chi connectivity index (χ0v) is 15.2. The van der Waals surface area contributed by atoms with Crippen molar-refractivity contribution in [2.75, 3.05) is 24.2 Å². The van der Waals surface area contributed by atoms with Gasteiger partial charge in [0.1, 0.15) is 5.75 Å². The van der Waals surface area contributed by atoms with Crippen molar-refractivity contribution in [3.05, 3.63) is 48.0 Å². The highest BCUT2D eigenvalue weighted by Crippen LogP contribution is 2.28. The molecule has 0 bridgehead atoms. The SMILES string of the molecule is CNC(=S)Nc1ccc(C)c(S(=O)(=O)Nc2ccccc2OC)c1. The van der Waals surface area contributed by atoms with Gasteiger partial charge in [0.05, 0.1) is 17.7 Å². The van der Waals surface area contributed by atoms with Crippen molar-refractivity contribution < 1.29 is 13.2 Å². The minimum atomic E-state index is -3.78. The predicted molar refractivity (Wildman–Crippen MR) is 100 cm³/mol. The van der Waals surface area contributed by atoms with E-state index in [-0.39, 0.29) is 4.90 Å². The number of sulfonamides is 1. The number of para-hydroxylation sites is 2. The molecule has 24 heavy (non-hydrogen) atoms. The number of thiocarbonyl (C=S) groups is 1. The van der Waals surface area contributed by atoms with Crippen molar-refractivity contribution in [3.8, 4) is 5.75 Å². The maximum absolute atomic E-state index is 12.8. The molecule has 0 atom stereocenters. The van der Waals surface area contributed by atoms with E-state index >= 15 is 0 Å². The van der Waals surface area contributed by atoms with E-state index < -0.39 is 10.0 Å². The first kappa shape index (κ1) is 18.0. The van der Waals surface area contributed by atoms with E-state index in [0.717, 1.165) is 0 Å². The summed E-state index contributed by atoms with van der Waals surface area (Å²) in [5.41, 5.74) is 1.59. The molecular formula is C16H19N3O3S2. The van der Waals surface area contributed by atoms with Crippen LogP contribution in [-0.4, -0.2) is 27.7 Å². The Morgan fingerprint density at radius 2 is 1.88 bits per heavy atom. The molecule has 2 aromatic rings. The van der Waals surface area contributed by atoms with Crippen LogP contribution in [0.25, 0.3) is 0 Å². The molecule has 0 heterocycles. The summed E-state index contributed by atoms with van der Waals surface area (Å²) in [5, 5.41) is 6.10. The summed E-state index contributed by atoms with van der Waals surface area (Å²) >= 11 is 5.04. The van der Waals surface area contributed by atoms with E-state index in [1.54, 1.807) is 50.4 Å². The fourth-order valence-corrected chi connectivity index (χ4v) is 3.55. The highest BCUT2D eigenvalue weighted by atomic mass is 32.2. The molecule has 0 aliphatic carbocycles. The number of hydrogen-bond acceptors (Lipinski definition) is 4. The number of ether oxygens (including phenoxy) is 1. The lowest BCUT2D eigenvalue weighted by Gasteiger charge is -2.15. The molecule has 2 aromatic carbocycles. The summed E-state index contributed by atoms with van der Waals surface area (Å²) in [6, 6.07) is 11.9. The normalized spacial score (nSPS) is 10.8. The number of rotatable bonds is 5. The molecular weight excluding hydrogens is 346 g/mol. The molecule has 6 nitrogen and oxygen atoms in total. The first-order valence-electron chi connectivity index (χ1n) is 7.12. The van der Waals surface area contributed by atoms with E-state index in [4.69, 9.17) is 17.0 Å². The second-order valence-electron chi connectivity index (χ2n) is 4.99. The average Bonchev–Trinajstić information content (AvgIpc) is 2.56. The van der Waals surface area contributed by atoms with Crippen LogP contribution in [0.2, 0.25) is 0 Å². The van der Waals surface area contributed by atoms with Gasteiger partial charge in [-0.2, -0.15) is 0 Å². The summed E-state index contributed by atoms with van der Waals surface area (Å²) in [5.74, 6) is 0.448. The van der Waals surface area contributed by atoms with Crippen LogP contribution in [0.1, 0.15) is 5.56 Å². The molecule has 8 heteroatoms. The molecule has 0 aliphatic heterocycles. The maximum atomic E-state index is 12.8. The largest absolute Gasteiger partial charge is 0.495 e. The third-order valence-corrected chi connectivity index (χ3v) is 5.13. The minimum Gasteiger partial charge on any atom is -0.495 e. The van der Waals surface area contributed by atoms with Crippen molar-refractivity contribution in [2.45, 2.75) is 11.8 Å². The number of nitrogens with one attached hydrogen (secondary N) is 3. The Labute approximate surface area is 147 Å². The van der Waals surface area contributed by atoms with Gasteiger partial charge in [-0.3, -0.25) is 4.72 Å². The smallest absolute Gasteiger partial charge is 0.262 e. The standard InChI is InChI=1S/C16H19N3O3S2/c1-11-8-9-12(18-16(23)17-2)10-15(11)24(20,21)19-13-6-4-5-7-14(13)22-3/h4-10,19H,1-3H3,(H2,17,18,23). The second-order valence-corrected chi connectivity index (χ2v) is 7.05. The van der Waals surface area contributed by atoms with Gasteiger partial charge in [0.15, 0.2) is 5.11 Å². The maximum Gasteiger partial charge on any atom is 0.262 e. The minimum absolute atomic E-state index is 0.164. The summed E-state index contributed by atoms with van der Waals surface area (Å²) in [6.45, 7) is 1.73. The Kier molecular flexibility index (Phi) is 5.63. The Morgan fingerprint density at radius 1 is 1.17 bits per heavy atom. The van der Waals surface area contributed by atoms with Gasteiger partial charge in [-0.25, -0.2) is 8.42 Å².